The third-order valence-corrected chi connectivity index (χ3v) is 2.10. The predicted octanol–water partition coefficient (Wildman–Crippen LogP) is 2.63. The van der Waals surface area contributed by atoms with E-state index in [0.29, 0.717) is 5.56 Å². The number of methoxy groups -OCH3 is 1. The van der Waals surface area contributed by atoms with Gasteiger partial charge in [-0.25, -0.2) is 4.79 Å². The minimum absolute atomic E-state index is 0.279. The molecule has 0 aliphatic heterocycles. The van der Waals surface area contributed by atoms with Crippen molar-refractivity contribution in [1.29, 1.82) is 0 Å². The maximum atomic E-state index is 11.1. The molecule has 0 heterocycles. The molecule has 0 aliphatic rings. The van der Waals surface area contributed by atoms with E-state index in [2.05, 4.69) is 11.2 Å². The molecule has 1 aromatic carbocycles. The average Bonchev–Trinajstić information content (AvgIpc) is 2.26. The Bertz CT molecular complexity index is 288. The van der Waals surface area contributed by atoms with Gasteiger partial charge in [-0.2, -0.15) is 0 Å². The Morgan fingerprint density at radius 1 is 1.36 bits per heavy atom. The summed E-state index contributed by atoms with van der Waals surface area (Å²) in [5, 5.41) is 0. The minimum Gasteiger partial charge on any atom is -0.465 e. The van der Waals surface area contributed by atoms with E-state index < -0.39 is 0 Å². The molecule has 0 aromatic heterocycles. The largest absolute Gasteiger partial charge is 0.465 e. The summed E-state index contributed by atoms with van der Waals surface area (Å²) in [4.78, 5) is 11.1. The molecule has 0 spiro atoms. The van der Waals surface area contributed by atoms with E-state index in [4.69, 9.17) is 0 Å². The lowest BCUT2D eigenvalue weighted by atomic mass is 10.1. The van der Waals surface area contributed by atoms with Gasteiger partial charge in [-0.05, 0) is 37.0 Å². The molecule has 1 aromatic rings. The van der Waals surface area contributed by atoms with Crippen LogP contribution in [0.4, 0.5) is 0 Å². The Hall–Kier alpha value is -1.31. The predicted molar refractivity (Wildman–Crippen MR) is 56.1 cm³/mol. The third kappa shape index (κ3) is 2.87. The van der Waals surface area contributed by atoms with Gasteiger partial charge in [0.2, 0.25) is 0 Å². The molecule has 0 N–H and O–H groups in total. The van der Waals surface area contributed by atoms with Crippen LogP contribution in [0.1, 0.15) is 29.3 Å². The van der Waals surface area contributed by atoms with Crippen LogP contribution in [-0.2, 0) is 11.2 Å². The summed E-state index contributed by atoms with van der Waals surface area (Å²) in [6.45, 7) is 2.04. The summed E-state index contributed by atoms with van der Waals surface area (Å²) in [7, 11) is 1.39. The molecule has 0 saturated carbocycles. The normalized spacial score (nSPS) is 9.86. The number of benzene rings is 1. The molecule has 75 valence electrons. The first kappa shape index (κ1) is 10.8. The Labute approximate surface area is 84.9 Å². The molecule has 0 atom stereocenters. The van der Waals surface area contributed by atoms with Crippen LogP contribution in [-0.4, -0.2) is 13.1 Å². The van der Waals surface area contributed by atoms with Crippen molar-refractivity contribution in [3.8, 4) is 0 Å². The van der Waals surface area contributed by atoms with Crippen molar-refractivity contribution < 1.29 is 9.53 Å². The zero-order valence-corrected chi connectivity index (χ0v) is 8.62. The number of aryl methyl sites for hydroxylation is 1. The maximum absolute atomic E-state index is 11.1. The van der Waals surface area contributed by atoms with Gasteiger partial charge in [-0.15, -0.1) is 0 Å². The molecule has 1 rings (SSSR count). The SMILES string of the molecule is C[CH]CCc1ccc(C(=O)OC)cc1. The second-order valence-electron chi connectivity index (χ2n) is 3.14. The Kier molecular flexibility index (Phi) is 4.17. The second kappa shape index (κ2) is 5.43. The van der Waals surface area contributed by atoms with Crippen molar-refractivity contribution in [3.63, 3.8) is 0 Å². The molecule has 0 fully saturated rings. The highest BCUT2D eigenvalue weighted by atomic mass is 16.5. The van der Waals surface area contributed by atoms with E-state index in [1.54, 1.807) is 12.1 Å². The van der Waals surface area contributed by atoms with Crippen LogP contribution in [0.3, 0.4) is 0 Å². The zero-order valence-electron chi connectivity index (χ0n) is 8.62. The van der Waals surface area contributed by atoms with Gasteiger partial charge in [0.15, 0.2) is 0 Å². The highest BCUT2D eigenvalue weighted by Gasteiger charge is 2.03. The van der Waals surface area contributed by atoms with Gasteiger partial charge < -0.3 is 4.74 Å². The van der Waals surface area contributed by atoms with Crippen LogP contribution in [0.5, 0.6) is 0 Å². The Morgan fingerprint density at radius 2 is 2.00 bits per heavy atom. The number of rotatable bonds is 4. The number of ether oxygens (including phenoxy) is 1. The Morgan fingerprint density at radius 3 is 2.50 bits per heavy atom. The van der Waals surface area contributed by atoms with Crippen molar-refractivity contribution >= 4 is 5.97 Å². The monoisotopic (exact) mass is 191 g/mol. The fourth-order valence-corrected chi connectivity index (χ4v) is 1.24. The number of hydrogen-bond donors (Lipinski definition) is 0. The highest BCUT2D eigenvalue weighted by Crippen LogP contribution is 2.08. The molecular weight excluding hydrogens is 176 g/mol. The van der Waals surface area contributed by atoms with E-state index in [0.717, 1.165) is 12.8 Å². The molecule has 0 unspecified atom stereocenters. The number of esters is 1. The fourth-order valence-electron chi connectivity index (χ4n) is 1.24. The first-order valence-corrected chi connectivity index (χ1v) is 4.73. The van der Waals surface area contributed by atoms with Crippen LogP contribution in [0.15, 0.2) is 24.3 Å². The van der Waals surface area contributed by atoms with E-state index in [9.17, 15) is 4.79 Å². The first-order valence-electron chi connectivity index (χ1n) is 4.73. The number of hydrogen-bond acceptors (Lipinski definition) is 2. The fraction of sp³-hybridized carbons (Fsp3) is 0.333. The minimum atomic E-state index is -0.279. The summed E-state index contributed by atoms with van der Waals surface area (Å²) in [6, 6.07) is 7.54. The van der Waals surface area contributed by atoms with Crippen molar-refractivity contribution in [3.05, 3.63) is 41.8 Å². The van der Waals surface area contributed by atoms with Gasteiger partial charge >= 0.3 is 5.97 Å². The second-order valence-corrected chi connectivity index (χ2v) is 3.14. The van der Waals surface area contributed by atoms with Gasteiger partial charge in [0.1, 0.15) is 0 Å². The molecule has 0 saturated heterocycles. The van der Waals surface area contributed by atoms with Crippen molar-refractivity contribution in [1.82, 2.24) is 0 Å². The van der Waals surface area contributed by atoms with Crippen molar-refractivity contribution in [2.24, 2.45) is 0 Å². The van der Waals surface area contributed by atoms with Gasteiger partial charge in [0.05, 0.1) is 12.7 Å². The van der Waals surface area contributed by atoms with E-state index in [1.807, 2.05) is 19.1 Å². The van der Waals surface area contributed by atoms with Crippen molar-refractivity contribution in [2.45, 2.75) is 19.8 Å². The van der Waals surface area contributed by atoms with E-state index >= 15 is 0 Å². The maximum Gasteiger partial charge on any atom is 0.337 e. The van der Waals surface area contributed by atoms with Crippen LogP contribution >= 0.6 is 0 Å². The molecular formula is C12H15O2. The third-order valence-electron chi connectivity index (χ3n) is 2.10. The smallest absolute Gasteiger partial charge is 0.337 e. The van der Waals surface area contributed by atoms with Gasteiger partial charge in [0, 0.05) is 0 Å². The number of carbonyl (C=O) groups excluding carboxylic acids is 1. The van der Waals surface area contributed by atoms with Crippen LogP contribution in [0.25, 0.3) is 0 Å². The molecule has 2 heteroatoms. The average molecular weight is 191 g/mol. The quantitative estimate of drug-likeness (QED) is 0.684. The first-order chi connectivity index (χ1) is 6.77. The molecule has 0 aliphatic carbocycles. The van der Waals surface area contributed by atoms with Crippen molar-refractivity contribution in [2.75, 3.05) is 7.11 Å². The summed E-state index contributed by atoms with van der Waals surface area (Å²) < 4.78 is 4.61. The van der Waals surface area contributed by atoms with Gasteiger partial charge in [-0.3, -0.25) is 0 Å². The molecule has 0 amide bonds. The topological polar surface area (TPSA) is 26.3 Å². The lowest BCUT2D eigenvalue weighted by molar-refractivity contribution is 0.0600. The highest BCUT2D eigenvalue weighted by molar-refractivity contribution is 5.89. The standard InChI is InChI=1S/C12H15O2/c1-3-4-5-10-6-8-11(9-7-10)12(13)14-2/h3,6-9H,4-5H2,1-2H3. The van der Waals surface area contributed by atoms with Crippen LogP contribution in [0.2, 0.25) is 0 Å². The van der Waals surface area contributed by atoms with Gasteiger partial charge in [-0.1, -0.05) is 19.1 Å². The van der Waals surface area contributed by atoms with E-state index in [1.165, 1.54) is 12.7 Å². The molecule has 0 bridgehead atoms. The molecule has 14 heavy (non-hydrogen) atoms. The number of carbonyl (C=O) groups is 1. The molecule has 1 radical (unpaired) electrons. The zero-order chi connectivity index (χ0) is 10.4. The lowest BCUT2D eigenvalue weighted by Gasteiger charge is -2.01. The van der Waals surface area contributed by atoms with Crippen LogP contribution in [0, 0.1) is 6.42 Å². The summed E-state index contributed by atoms with van der Waals surface area (Å²) in [6.07, 6.45) is 4.23. The van der Waals surface area contributed by atoms with E-state index in [-0.39, 0.29) is 5.97 Å². The Balaban J connectivity index is 2.63. The van der Waals surface area contributed by atoms with Crippen LogP contribution < -0.4 is 0 Å². The number of unbranched alkanes of at least 4 members (excludes halogenated alkanes) is 1. The molecule has 2 nitrogen and oxygen atoms in total. The summed E-state index contributed by atoms with van der Waals surface area (Å²) in [5.41, 5.74) is 1.85. The summed E-state index contributed by atoms with van der Waals surface area (Å²) in [5.74, 6) is -0.279. The summed E-state index contributed by atoms with van der Waals surface area (Å²) >= 11 is 0. The van der Waals surface area contributed by atoms with Gasteiger partial charge in [0.25, 0.3) is 0 Å². The lowest BCUT2D eigenvalue weighted by Crippen LogP contribution is -2.00.